The van der Waals surface area contributed by atoms with Crippen molar-refractivity contribution in [2.45, 2.75) is 65.6 Å². The van der Waals surface area contributed by atoms with Gasteiger partial charge in [0.05, 0.1) is 19.8 Å². The molecule has 1 aromatic rings. The van der Waals surface area contributed by atoms with Gasteiger partial charge in [0.1, 0.15) is 17.6 Å². The molecule has 32 heavy (non-hydrogen) atoms. The molecule has 2 N–H and O–H groups in total. The summed E-state index contributed by atoms with van der Waals surface area (Å²) in [7, 11) is 0. The molecule has 1 fully saturated rings. The standard InChI is InChI=1S/C23H36N4O4.HI/c1-5-24-22(26-19-8-10-27(11-9-19)23(28)30-7-3)25-15-18-14-21-17(12-16(4)31-21)13-20(18)29-6-2;/h13-14,16,19H,5-12,15H2,1-4H3,(H2,24,25,26);1H. The van der Waals surface area contributed by atoms with E-state index in [1.807, 2.05) is 13.8 Å². The number of nitrogens with zero attached hydrogens (tertiary/aromatic N) is 2. The summed E-state index contributed by atoms with van der Waals surface area (Å²) in [6.45, 7) is 11.6. The van der Waals surface area contributed by atoms with Crippen LogP contribution >= 0.6 is 24.0 Å². The van der Waals surface area contributed by atoms with Crippen LogP contribution in [0.5, 0.6) is 11.5 Å². The zero-order valence-electron chi connectivity index (χ0n) is 19.6. The number of fused-ring (bicyclic) bond motifs is 1. The zero-order valence-corrected chi connectivity index (χ0v) is 21.9. The monoisotopic (exact) mass is 560 g/mol. The summed E-state index contributed by atoms with van der Waals surface area (Å²) in [6, 6.07) is 4.42. The van der Waals surface area contributed by atoms with Crippen LogP contribution in [0.3, 0.4) is 0 Å². The van der Waals surface area contributed by atoms with Crippen molar-refractivity contribution in [2.75, 3.05) is 32.8 Å². The molecule has 8 nitrogen and oxygen atoms in total. The maximum absolute atomic E-state index is 11.9. The second-order valence-corrected chi connectivity index (χ2v) is 7.93. The number of rotatable bonds is 7. The zero-order chi connectivity index (χ0) is 22.2. The van der Waals surface area contributed by atoms with Crippen LogP contribution in [-0.4, -0.2) is 61.9 Å². The first-order chi connectivity index (χ1) is 15.0. The number of benzene rings is 1. The molecule has 2 aliphatic rings. The maximum Gasteiger partial charge on any atom is 0.409 e. The Bertz CT molecular complexity index is 782. The third-order valence-electron chi connectivity index (χ3n) is 5.49. The first-order valence-corrected chi connectivity index (χ1v) is 11.5. The lowest BCUT2D eigenvalue weighted by molar-refractivity contribution is 0.0963. The summed E-state index contributed by atoms with van der Waals surface area (Å²) >= 11 is 0. The van der Waals surface area contributed by atoms with Crippen molar-refractivity contribution in [3.8, 4) is 11.5 Å². The van der Waals surface area contributed by atoms with Gasteiger partial charge >= 0.3 is 6.09 Å². The van der Waals surface area contributed by atoms with Crippen LogP contribution in [0.1, 0.15) is 51.7 Å². The first-order valence-electron chi connectivity index (χ1n) is 11.5. The third kappa shape index (κ3) is 7.05. The molecule has 1 saturated heterocycles. The number of nitrogens with one attached hydrogen (secondary N) is 2. The molecular weight excluding hydrogens is 523 g/mol. The smallest absolute Gasteiger partial charge is 0.409 e. The lowest BCUT2D eigenvalue weighted by Gasteiger charge is -2.32. The first kappa shape index (κ1) is 26.3. The van der Waals surface area contributed by atoms with Crippen molar-refractivity contribution < 1.29 is 19.0 Å². The number of hydrogen-bond acceptors (Lipinski definition) is 5. The van der Waals surface area contributed by atoms with Crippen molar-refractivity contribution in [1.29, 1.82) is 0 Å². The molecule has 0 spiro atoms. The predicted molar refractivity (Wildman–Crippen MR) is 136 cm³/mol. The summed E-state index contributed by atoms with van der Waals surface area (Å²) in [4.78, 5) is 18.5. The predicted octanol–water partition coefficient (Wildman–Crippen LogP) is 3.70. The van der Waals surface area contributed by atoms with Crippen molar-refractivity contribution >= 4 is 36.0 Å². The Balaban J connectivity index is 0.00000363. The molecular formula is C23H37IN4O4. The Labute approximate surface area is 208 Å². The number of amides is 1. The van der Waals surface area contributed by atoms with Crippen LogP contribution in [0, 0.1) is 0 Å². The van der Waals surface area contributed by atoms with Crippen molar-refractivity contribution in [3.05, 3.63) is 23.3 Å². The van der Waals surface area contributed by atoms with E-state index < -0.39 is 0 Å². The lowest BCUT2D eigenvalue weighted by Crippen LogP contribution is -2.49. The molecule has 3 rings (SSSR count). The average molecular weight is 560 g/mol. The van der Waals surface area contributed by atoms with E-state index in [1.54, 1.807) is 4.90 Å². The van der Waals surface area contributed by atoms with Gasteiger partial charge in [0.2, 0.25) is 0 Å². The summed E-state index contributed by atoms with van der Waals surface area (Å²) < 4.78 is 16.9. The Morgan fingerprint density at radius 2 is 1.97 bits per heavy atom. The number of carbonyl (C=O) groups excluding carboxylic acids is 1. The van der Waals surface area contributed by atoms with Gasteiger partial charge in [0.15, 0.2) is 5.96 Å². The molecule has 0 saturated carbocycles. The van der Waals surface area contributed by atoms with E-state index >= 15 is 0 Å². The summed E-state index contributed by atoms with van der Waals surface area (Å²) in [5, 5.41) is 6.84. The molecule has 0 aromatic heterocycles. The van der Waals surface area contributed by atoms with Gasteiger partial charge in [0, 0.05) is 43.2 Å². The highest BCUT2D eigenvalue weighted by molar-refractivity contribution is 14.0. The van der Waals surface area contributed by atoms with E-state index in [-0.39, 0.29) is 42.2 Å². The summed E-state index contributed by atoms with van der Waals surface area (Å²) in [6.07, 6.45) is 2.60. The molecule has 1 unspecified atom stereocenters. The SMILES string of the molecule is CCNC(=NCc1cc2c(cc1OCC)CC(C)O2)NC1CCN(C(=O)OCC)CC1.I. The molecule has 0 radical (unpaired) electrons. The number of ether oxygens (including phenoxy) is 3. The number of piperidine rings is 1. The Morgan fingerprint density at radius 1 is 1.22 bits per heavy atom. The molecule has 1 atom stereocenters. The maximum atomic E-state index is 11.9. The van der Waals surface area contributed by atoms with E-state index in [9.17, 15) is 4.79 Å². The van der Waals surface area contributed by atoms with Crippen LogP contribution in [0.2, 0.25) is 0 Å². The van der Waals surface area contributed by atoms with Crippen LogP contribution in [0.25, 0.3) is 0 Å². The van der Waals surface area contributed by atoms with Crippen LogP contribution < -0.4 is 20.1 Å². The minimum atomic E-state index is -0.224. The Morgan fingerprint density at radius 3 is 2.62 bits per heavy atom. The van der Waals surface area contributed by atoms with E-state index in [1.165, 1.54) is 5.56 Å². The number of guanidine groups is 1. The molecule has 1 aromatic carbocycles. The average Bonchev–Trinajstić information content (AvgIpc) is 3.11. The summed E-state index contributed by atoms with van der Waals surface area (Å²) in [5.74, 6) is 2.58. The second-order valence-electron chi connectivity index (χ2n) is 7.93. The van der Waals surface area contributed by atoms with Gasteiger partial charge < -0.3 is 29.7 Å². The molecule has 0 aliphatic carbocycles. The fourth-order valence-electron chi connectivity index (χ4n) is 3.99. The number of halogens is 1. The van der Waals surface area contributed by atoms with E-state index in [4.69, 9.17) is 19.2 Å². The molecule has 1 amide bonds. The third-order valence-corrected chi connectivity index (χ3v) is 5.49. The van der Waals surface area contributed by atoms with Crippen LogP contribution in [0.4, 0.5) is 4.79 Å². The van der Waals surface area contributed by atoms with Crippen LogP contribution in [0.15, 0.2) is 17.1 Å². The Hall–Kier alpha value is -1.91. The minimum Gasteiger partial charge on any atom is -0.494 e. The van der Waals surface area contributed by atoms with E-state index in [0.29, 0.717) is 32.8 Å². The quantitative estimate of drug-likeness (QED) is 0.301. The number of carbonyl (C=O) groups is 1. The largest absolute Gasteiger partial charge is 0.494 e. The molecule has 2 aliphatic heterocycles. The van der Waals surface area contributed by atoms with E-state index in [2.05, 4.69) is 36.6 Å². The van der Waals surface area contributed by atoms with Gasteiger partial charge in [-0.2, -0.15) is 0 Å². The van der Waals surface area contributed by atoms with Crippen molar-refractivity contribution in [1.82, 2.24) is 15.5 Å². The highest BCUT2D eigenvalue weighted by Gasteiger charge is 2.24. The fourth-order valence-corrected chi connectivity index (χ4v) is 3.99. The normalized spacial score (nSPS) is 18.3. The summed E-state index contributed by atoms with van der Waals surface area (Å²) in [5.41, 5.74) is 2.21. The lowest BCUT2D eigenvalue weighted by atomic mass is 10.1. The van der Waals surface area contributed by atoms with Gasteiger partial charge in [-0.1, -0.05) is 0 Å². The highest BCUT2D eigenvalue weighted by Crippen LogP contribution is 2.35. The van der Waals surface area contributed by atoms with Crippen LogP contribution in [-0.2, 0) is 17.7 Å². The number of hydrogen-bond donors (Lipinski definition) is 2. The van der Waals surface area contributed by atoms with Gasteiger partial charge in [-0.15, -0.1) is 24.0 Å². The Kier molecular flexibility index (Phi) is 10.7. The van der Waals surface area contributed by atoms with Gasteiger partial charge in [-0.05, 0) is 52.7 Å². The van der Waals surface area contributed by atoms with Crippen molar-refractivity contribution in [3.63, 3.8) is 0 Å². The van der Waals surface area contributed by atoms with Gasteiger partial charge in [0.25, 0.3) is 0 Å². The van der Waals surface area contributed by atoms with Gasteiger partial charge in [-0.3, -0.25) is 0 Å². The van der Waals surface area contributed by atoms with E-state index in [0.717, 1.165) is 48.8 Å². The molecule has 2 heterocycles. The molecule has 180 valence electrons. The van der Waals surface area contributed by atoms with Gasteiger partial charge in [-0.25, -0.2) is 9.79 Å². The van der Waals surface area contributed by atoms with Crippen molar-refractivity contribution in [2.24, 2.45) is 4.99 Å². The molecule has 9 heteroatoms. The number of likely N-dealkylation sites (tertiary alicyclic amines) is 1. The highest BCUT2D eigenvalue weighted by atomic mass is 127. The topological polar surface area (TPSA) is 84.4 Å². The minimum absolute atomic E-state index is 0. The fraction of sp³-hybridized carbons (Fsp3) is 0.652. The second kappa shape index (κ2) is 13.0. The molecule has 0 bridgehead atoms. The number of aliphatic imine (C=N–C) groups is 1.